The number of pyridine rings is 1. The SMILES string of the molecule is Clc1ccc(CN2CCOC[C@H]2c2ncc(-c3cccnc3)[nH]2)cc1. The van der Waals surface area contributed by atoms with Gasteiger partial charge in [0, 0.05) is 36.1 Å². The van der Waals surface area contributed by atoms with Crippen molar-refractivity contribution >= 4 is 11.6 Å². The molecule has 1 N–H and O–H groups in total. The lowest BCUT2D eigenvalue weighted by molar-refractivity contribution is -0.0156. The normalized spacial score (nSPS) is 18.4. The van der Waals surface area contributed by atoms with Crippen LogP contribution in [-0.4, -0.2) is 39.6 Å². The van der Waals surface area contributed by atoms with E-state index in [9.17, 15) is 0 Å². The molecule has 2 aromatic heterocycles. The van der Waals surface area contributed by atoms with Crippen molar-refractivity contribution in [2.24, 2.45) is 0 Å². The zero-order valence-electron chi connectivity index (χ0n) is 13.7. The van der Waals surface area contributed by atoms with Crippen LogP contribution in [0.4, 0.5) is 0 Å². The molecule has 1 aliphatic heterocycles. The van der Waals surface area contributed by atoms with Crippen LogP contribution in [0.15, 0.2) is 55.0 Å². The first-order chi connectivity index (χ1) is 12.3. The minimum Gasteiger partial charge on any atom is -0.378 e. The first-order valence-electron chi connectivity index (χ1n) is 8.31. The van der Waals surface area contributed by atoms with Crippen molar-refractivity contribution < 1.29 is 4.74 Å². The van der Waals surface area contributed by atoms with Gasteiger partial charge >= 0.3 is 0 Å². The van der Waals surface area contributed by atoms with Crippen LogP contribution in [0.2, 0.25) is 5.02 Å². The van der Waals surface area contributed by atoms with Gasteiger partial charge < -0.3 is 9.72 Å². The molecule has 0 saturated carbocycles. The van der Waals surface area contributed by atoms with E-state index in [0.717, 1.165) is 41.8 Å². The highest BCUT2D eigenvalue weighted by atomic mass is 35.5. The third-order valence-corrected chi connectivity index (χ3v) is 4.67. The van der Waals surface area contributed by atoms with Crippen LogP contribution >= 0.6 is 11.6 Å². The number of nitrogens with zero attached hydrogens (tertiary/aromatic N) is 3. The summed E-state index contributed by atoms with van der Waals surface area (Å²) < 4.78 is 5.70. The van der Waals surface area contributed by atoms with Gasteiger partial charge in [0.25, 0.3) is 0 Å². The number of benzene rings is 1. The zero-order chi connectivity index (χ0) is 17.1. The molecular formula is C19H19ClN4O. The number of H-pyrrole nitrogens is 1. The topological polar surface area (TPSA) is 54.0 Å². The maximum absolute atomic E-state index is 5.99. The summed E-state index contributed by atoms with van der Waals surface area (Å²) in [5.41, 5.74) is 3.23. The molecule has 3 heterocycles. The summed E-state index contributed by atoms with van der Waals surface area (Å²) in [6, 6.07) is 12.0. The van der Waals surface area contributed by atoms with E-state index < -0.39 is 0 Å². The Labute approximate surface area is 151 Å². The molecule has 1 saturated heterocycles. The van der Waals surface area contributed by atoms with Crippen LogP contribution in [0.25, 0.3) is 11.3 Å². The number of nitrogens with one attached hydrogen (secondary N) is 1. The summed E-state index contributed by atoms with van der Waals surface area (Å²) in [6.45, 7) is 3.08. The Morgan fingerprint density at radius 1 is 1.20 bits per heavy atom. The van der Waals surface area contributed by atoms with Gasteiger partial charge in [-0.15, -0.1) is 0 Å². The second-order valence-corrected chi connectivity index (χ2v) is 6.55. The molecule has 3 aromatic rings. The summed E-state index contributed by atoms with van der Waals surface area (Å²) in [5, 5.41) is 0.759. The van der Waals surface area contributed by atoms with E-state index in [2.05, 4.69) is 32.0 Å². The Hall–Kier alpha value is -2.21. The number of halogens is 1. The molecule has 0 aliphatic carbocycles. The van der Waals surface area contributed by atoms with Gasteiger partial charge in [0.05, 0.1) is 31.1 Å². The van der Waals surface area contributed by atoms with Gasteiger partial charge in [-0.1, -0.05) is 23.7 Å². The Balaban J connectivity index is 1.55. The van der Waals surface area contributed by atoms with Gasteiger partial charge in [-0.05, 0) is 29.8 Å². The van der Waals surface area contributed by atoms with E-state index in [1.807, 2.05) is 36.7 Å². The summed E-state index contributed by atoms with van der Waals surface area (Å²) in [7, 11) is 0. The van der Waals surface area contributed by atoms with Gasteiger partial charge in [0.15, 0.2) is 0 Å². The Morgan fingerprint density at radius 3 is 2.88 bits per heavy atom. The molecule has 25 heavy (non-hydrogen) atoms. The van der Waals surface area contributed by atoms with E-state index in [1.165, 1.54) is 5.56 Å². The van der Waals surface area contributed by atoms with Crippen LogP contribution in [0, 0.1) is 0 Å². The minimum atomic E-state index is 0.106. The van der Waals surface area contributed by atoms with E-state index >= 15 is 0 Å². The molecular weight excluding hydrogens is 336 g/mol. The Morgan fingerprint density at radius 2 is 2.08 bits per heavy atom. The monoisotopic (exact) mass is 354 g/mol. The molecule has 1 aliphatic rings. The van der Waals surface area contributed by atoms with Crippen molar-refractivity contribution in [3.63, 3.8) is 0 Å². The van der Waals surface area contributed by atoms with Crippen LogP contribution in [0.1, 0.15) is 17.4 Å². The third-order valence-electron chi connectivity index (χ3n) is 4.42. The number of aromatic amines is 1. The standard InChI is InChI=1S/C19H19ClN4O/c20-16-5-3-14(4-6-16)12-24-8-9-25-13-18(24)19-22-11-17(23-19)15-2-1-7-21-10-15/h1-7,10-11,18H,8-9,12-13H2,(H,22,23)/t18-/m0/s1. The third kappa shape index (κ3) is 3.74. The molecule has 1 atom stereocenters. The molecule has 1 fully saturated rings. The molecule has 0 amide bonds. The molecule has 0 bridgehead atoms. The highest BCUT2D eigenvalue weighted by molar-refractivity contribution is 6.30. The van der Waals surface area contributed by atoms with Crippen molar-refractivity contribution in [1.82, 2.24) is 19.9 Å². The fourth-order valence-electron chi connectivity index (χ4n) is 3.08. The van der Waals surface area contributed by atoms with Gasteiger partial charge in [0.1, 0.15) is 5.82 Å². The van der Waals surface area contributed by atoms with Gasteiger partial charge in [0.2, 0.25) is 0 Å². The predicted octanol–water partition coefficient (Wildman–Crippen LogP) is 3.70. The van der Waals surface area contributed by atoms with Crippen molar-refractivity contribution in [2.45, 2.75) is 12.6 Å². The molecule has 5 nitrogen and oxygen atoms in total. The quantitative estimate of drug-likeness (QED) is 0.776. The Bertz CT molecular complexity index is 819. The van der Waals surface area contributed by atoms with E-state index in [1.54, 1.807) is 6.20 Å². The van der Waals surface area contributed by atoms with Crippen molar-refractivity contribution in [3.05, 3.63) is 71.4 Å². The van der Waals surface area contributed by atoms with Crippen LogP contribution in [0.5, 0.6) is 0 Å². The first-order valence-corrected chi connectivity index (χ1v) is 8.69. The number of hydrogen-bond acceptors (Lipinski definition) is 4. The number of ether oxygens (including phenoxy) is 1. The summed E-state index contributed by atoms with van der Waals surface area (Å²) in [4.78, 5) is 14.6. The van der Waals surface area contributed by atoms with E-state index in [0.29, 0.717) is 6.61 Å². The molecule has 0 unspecified atom stereocenters. The van der Waals surface area contributed by atoms with E-state index in [4.69, 9.17) is 16.3 Å². The largest absolute Gasteiger partial charge is 0.378 e. The summed E-state index contributed by atoms with van der Waals surface area (Å²) in [6.07, 6.45) is 5.46. The maximum Gasteiger partial charge on any atom is 0.126 e. The number of aromatic nitrogens is 3. The number of hydrogen-bond donors (Lipinski definition) is 1. The van der Waals surface area contributed by atoms with Gasteiger partial charge in [-0.2, -0.15) is 0 Å². The average molecular weight is 355 g/mol. The number of rotatable bonds is 4. The van der Waals surface area contributed by atoms with Crippen molar-refractivity contribution in [2.75, 3.05) is 19.8 Å². The van der Waals surface area contributed by atoms with Crippen LogP contribution < -0.4 is 0 Å². The fourth-order valence-corrected chi connectivity index (χ4v) is 3.20. The molecule has 128 valence electrons. The second-order valence-electron chi connectivity index (χ2n) is 6.11. The first kappa shape index (κ1) is 16.3. The van der Waals surface area contributed by atoms with Gasteiger partial charge in [-0.25, -0.2) is 4.98 Å². The Kier molecular flexibility index (Phi) is 4.78. The highest BCUT2D eigenvalue weighted by Gasteiger charge is 2.27. The summed E-state index contributed by atoms with van der Waals surface area (Å²) in [5.74, 6) is 0.924. The molecule has 0 spiro atoms. The lowest BCUT2D eigenvalue weighted by atomic mass is 10.1. The molecule has 0 radical (unpaired) electrons. The maximum atomic E-state index is 5.99. The van der Waals surface area contributed by atoms with Crippen molar-refractivity contribution in [3.8, 4) is 11.3 Å². The smallest absolute Gasteiger partial charge is 0.126 e. The lowest BCUT2D eigenvalue weighted by Gasteiger charge is -2.34. The molecule has 1 aromatic carbocycles. The van der Waals surface area contributed by atoms with Crippen molar-refractivity contribution in [1.29, 1.82) is 0 Å². The molecule has 6 heteroatoms. The van der Waals surface area contributed by atoms with Gasteiger partial charge in [-0.3, -0.25) is 9.88 Å². The lowest BCUT2D eigenvalue weighted by Crippen LogP contribution is -2.39. The fraction of sp³-hybridized carbons (Fsp3) is 0.263. The molecule has 4 rings (SSSR count). The second kappa shape index (κ2) is 7.35. The average Bonchev–Trinajstić information content (AvgIpc) is 3.15. The minimum absolute atomic E-state index is 0.106. The van der Waals surface area contributed by atoms with E-state index in [-0.39, 0.29) is 6.04 Å². The highest BCUT2D eigenvalue weighted by Crippen LogP contribution is 2.26. The zero-order valence-corrected chi connectivity index (χ0v) is 14.5. The summed E-state index contributed by atoms with van der Waals surface area (Å²) >= 11 is 5.99. The van der Waals surface area contributed by atoms with Crippen LogP contribution in [-0.2, 0) is 11.3 Å². The number of imidazole rings is 1. The van der Waals surface area contributed by atoms with Crippen LogP contribution in [0.3, 0.4) is 0 Å². The number of morpholine rings is 1. The predicted molar refractivity (Wildman–Crippen MR) is 97.2 cm³/mol.